The van der Waals surface area contributed by atoms with Crippen molar-refractivity contribution in [1.29, 1.82) is 0 Å². The summed E-state index contributed by atoms with van der Waals surface area (Å²) in [4.78, 5) is 50.0. The number of amides is 1. The first-order valence-corrected chi connectivity index (χ1v) is 9.05. The van der Waals surface area contributed by atoms with Crippen molar-refractivity contribution >= 4 is 11.9 Å². The Morgan fingerprint density at radius 3 is 2.52 bits per heavy atom. The SMILES string of the molecule is Cn1c(C(=O)N2C[C@H]3CC[C@@H]2CN(c2ncccn2)C3)cc(=O)n(C)c1=O. The summed E-state index contributed by atoms with van der Waals surface area (Å²) in [5.41, 5.74) is -0.830. The van der Waals surface area contributed by atoms with Gasteiger partial charge in [-0.2, -0.15) is 0 Å². The molecule has 3 fully saturated rings. The van der Waals surface area contributed by atoms with E-state index in [0.29, 0.717) is 25.0 Å². The summed E-state index contributed by atoms with van der Waals surface area (Å²) in [6.07, 6.45) is 5.35. The zero-order chi connectivity index (χ0) is 19.1. The molecular weight excluding hydrogens is 348 g/mol. The molecule has 0 N–H and O–H groups in total. The first-order chi connectivity index (χ1) is 13.0. The summed E-state index contributed by atoms with van der Waals surface area (Å²) in [5, 5.41) is 0. The highest BCUT2D eigenvalue weighted by atomic mass is 16.2. The molecular formula is C18H22N6O3. The quantitative estimate of drug-likeness (QED) is 0.715. The van der Waals surface area contributed by atoms with Crippen molar-refractivity contribution in [2.75, 3.05) is 24.5 Å². The Morgan fingerprint density at radius 1 is 1.04 bits per heavy atom. The summed E-state index contributed by atoms with van der Waals surface area (Å²) in [6.45, 7) is 2.04. The average molecular weight is 370 g/mol. The standard InChI is InChI=1S/C18H22N6O3/c1-21-14(8-15(25)22(2)18(21)27)16(26)24-10-12-4-5-13(24)11-23(9-12)17-19-6-3-7-20-17/h3,6-8,12-13H,4-5,9-11H2,1-2H3/t12-,13+/m0/s1. The Labute approximate surface area is 155 Å². The molecule has 2 aromatic heterocycles. The van der Waals surface area contributed by atoms with Gasteiger partial charge in [-0.25, -0.2) is 14.8 Å². The van der Waals surface area contributed by atoms with Crippen LogP contribution in [0.2, 0.25) is 0 Å². The number of rotatable bonds is 2. The van der Waals surface area contributed by atoms with E-state index in [4.69, 9.17) is 0 Å². The Hall–Kier alpha value is -2.97. The molecule has 2 aromatic rings. The predicted octanol–water partition coefficient (Wildman–Crippen LogP) is -0.385. The van der Waals surface area contributed by atoms with Gasteiger partial charge in [-0.3, -0.25) is 18.7 Å². The average Bonchev–Trinajstić information content (AvgIpc) is 3.01. The van der Waals surface area contributed by atoms with Gasteiger partial charge in [-0.1, -0.05) is 0 Å². The van der Waals surface area contributed by atoms with E-state index in [9.17, 15) is 14.4 Å². The maximum atomic E-state index is 13.2. The van der Waals surface area contributed by atoms with Crippen LogP contribution in [0.15, 0.2) is 34.1 Å². The minimum Gasteiger partial charge on any atom is -0.338 e. The lowest BCUT2D eigenvalue weighted by molar-refractivity contribution is 0.0579. The van der Waals surface area contributed by atoms with Crippen LogP contribution in [0.1, 0.15) is 23.3 Å². The van der Waals surface area contributed by atoms with Crippen LogP contribution in [-0.4, -0.2) is 55.6 Å². The molecule has 0 saturated carbocycles. The van der Waals surface area contributed by atoms with Gasteiger partial charge in [-0.15, -0.1) is 0 Å². The fourth-order valence-electron chi connectivity index (χ4n) is 4.03. The van der Waals surface area contributed by atoms with E-state index >= 15 is 0 Å². The fourth-order valence-corrected chi connectivity index (χ4v) is 4.03. The van der Waals surface area contributed by atoms with E-state index in [2.05, 4.69) is 14.9 Å². The Balaban J connectivity index is 1.65. The molecule has 1 amide bonds. The third kappa shape index (κ3) is 3.02. The molecule has 2 atom stereocenters. The minimum atomic E-state index is -0.495. The number of fused-ring (bicyclic) bond motifs is 4. The lowest BCUT2D eigenvalue weighted by atomic mass is 9.94. The Bertz CT molecular complexity index is 983. The number of piperidine rings is 1. The smallest absolute Gasteiger partial charge is 0.331 e. The van der Waals surface area contributed by atoms with Gasteiger partial charge in [0.25, 0.3) is 11.5 Å². The van der Waals surface area contributed by atoms with Gasteiger partial charge in [0.2, 0.25) is 5.95 Å². The van der Waals surface area contributed by atoms with Gasteiger partial charge in [0.05, 0.1) is 0 Å². The number of carbonyl (C=O) groups excluding carboxylic acids is 1. The highest BCUT2D eigenvalue weighted by Crippen LogP contribution is 2.30. The molecule has 3 aliphatic heterocycles. The predicted molar refractivity (Wildman–Crippen MR) is 98.7 cm³/mol. The van der Waals surface area contributed by atoms with Gasteiger partial charge in [-0.05, 0) is 24.8 Å². The van der Waals surface area contributed by atoms with Crippen LogP contribution in [0.3, 0.4) is 0 Å². The van der Waals surface area contributed by atoms with Crippen LogP contribution in [-0.2, 0) is 14.1 Å². The van der Waals surface area contributed by atoms with Gasteiger partial charge >= 0.3 is 5.69 Å². The van der Waals surface area contributed by atoms with E-state index in [-0.39, 0.29) is 17.6 Å². The molecule has 0 unspecified atom stereocenters. The van der Waals surface area contributed by atoms with Crippen LogP contribution >= 0.6 is 0 Å². The van der Waals surface area contributed by atoms with Gasteiger partial charge < -0.3 is 9.80 Å². The zero-order valence-electron chi connectivity index (χ0n) is 15.4. The number of hydrogen-bond donors (Lipinski definition) is 0. The Kier molecular flexibility index (Phi) is 4.29. The summed E-state index contributed by atoms with van der Waals surface area (Å²) >= 11 is 0. The molecule has 0 radical (unpaired) electrons. The van der Waals surface area contributed by atoms with Crippen LogP contribution in [0, 0.1) is 5.92 Å². The van der Waals surface area contributed by atoms with E-state index in [0.717, 1.165) is 24.0 Å². The van der Waals surface area contributed by atoms with Crippen LogP contribution in [0.5, 0.6) is 0 Å². The summed E-state index contributed by atoms with van der Waals surface area (Å²) < 4.78 is 2.25. The Morgan fingerprint density at radius 2 is 1.78 bits per heavy atom. The van der Waals surface area contributed by atoms with Crippen molar-refractivity contribution in [3.05, 3.63) is 51.1 Å². The summed E-state index contributed by atoms with van der Waals surface area (Å²) in [7, 11) is 2.93. The molecule has 5 heterocycles. The number of carbonyl (C=O) groups is 1. The van der Waals surface area contributed by atoms with Crippen LogP contribution in [0.25, 0.3) is 0 Å². The maximum absolute atomic E-state index is 13.2. The van der Waals surface area contributed by atoms with Crippen molar-refractivity contribution in [2.24, 2.45) is 20.0 Å². The lowest BCUT2D eigenvalue weighted by Gasteiger charge is -2.36. The van der Waals surface area contributed by atoms with Crippen LogP contribution < -0.4 is 16.1 Å². The van der Waals surface area contributed by atoms with E-state index < -0.39 is 11.2 Å². The normalized spacial score (nSPS) is 22.0. The molecule has 9 nitrogen and oxygen atoms in total. The second-order valence-corrected chi connectivity index (χ2v) is 7.28. The second-order valence-electron chi connectivity index (χ2n) is 7.28. The molecule has 142 valence electrons. The minimum absolute atomic E-state index is 0.000726. The molecule has 27 heavy (non-hydrogen) atoms. The molecule has 2 bridgehead atoms. The number of aromatic nitrogens is 4. The first kappa shape index (κ1) is 17.4. The molecule has 0 spiro atoms. The van der Waals surface area contributed by atoms with E-state index in [1.54, 1.807) is 18.5 Å². The van der Waals surface area contributed by atoms with Gasteiger partial charge in [0.1, 0.15) is 5.69 Å². The lowest BCUT2D eigenvalue weighted by Crippen LogP contribution is -2.50. The van der Waals surface area contributed by atoms with E-state index in [1.807, 2.05) is 4.90 Å². The monoisotopic (exact) mass is 370 g/mol. The fraction of sp³-hybridized carbons (Fsp3) is 0.500. The maximum Gasteiger partial charge on any atom is 0.331 e. The third-order valence-electron chi connectivity index (χ3n) is 5.55. The summed E-state index contributed by atoms with van der Waals surface area (Å²) in [5.74, 6) is 0.711. The molecule has 5 rings (SSSR count). The van der Waals surface area contributed by atoms with Crippen molar-refractivity contribution in [3.8, 4) is 0 Å². The first-order valence-electron chi connectivity index (χ1n) is 9.05. The van der Waals surface area contributed by atoms with Gasteiger partial charge in [0.15, 0.2) is 0 Å². The summed E-state index contributed by atoms with van der Waals surface area (Å²) in [6, 6.07) is 3.03. The van der Waals surface area contributed by atoms with E-state index in [1.165, 1.54) is 24.7 Å². The zero-order valence-corrected chi connectivity index (χ0v) is 15.4. The number of anilines is 1. The largest absolute Gasteiger partial charge is 0.338 e. The van der Waals surface area contributed by atoms with Gasteiger partial charge in [0, 0.05) is 58.2 Å². The third-order valence-corrected chi connectivity index (χ3v) is 5.55. The van der Waals surface area contributed by atoms with Crippen molar-refractivity contribution in [2.45, 2.75) is 18.9 Å². The highest BCUT2D eigenvalue weighted by molar-refractivity contribution is 5.92. The number of nitrogens with zero attached hydrogens (tertiary/aromatic N) is 6. The van der Waals surface area contributed by atoms with Crippen molar-refractivity contribution in [1.82, 2.24) is 24.0 Å². The number of hydrogen-bond acceptors (Lipinski definition) is 6. The molecule has 3 aliphatic rings. The molecule has 0 aromatic carbocycles. The topological polar surface area (TPSA) is 93.3 Å². The molecule has 0 aliphatic carbocycles. The van der Waals surface area contributed by atoms with Crippen molar-refractivity contribution < 1.29 is 4.79 Å². The second kappa shape index (κ2) is 6.64. The highest BCUT2D eigenvalue weighted by Gasteiger charge is 2.38. The molecule has 9 heteroatoms. The van der Waals surface area contributed by atoms with Crippen molar-refractivity contribution in [3.63, 3.8) is 0 Å². The van der Waals surface area contributed by atoms with Crippen LogP contribution in [0.4, 0.5) is 5.95 Å². The molecule has 3 saturated heterocycles.